The van der Waals surface area contributed by atoms with Crippen molar-refractivity contribution in [3.8, 4) is 0 Å². The van der Waals surface area contributed by atoms with Crippen LogP contribution in [0, 0.1) is 17.3 Å². The molecule has 2 rings (SSSR count). The SMILES string of the molecule is CCOCCCC1CC2(CCN(CC(C)C)CC2)C1. The molecule has 0 amide bonds. The Bertz CT molecular complexity index is 248. The summed E-state index contributed by atoms with van der Waals surface area (Å²) in [5, 5.41) is 0. The Kier molecular flexibility index (Phi) is 5.70. The third-order valence-electron chi connectivity index (χ3n) is 5.09. The quantitative estimate of drug-likeness (QED) is 0.648. The fourth-order valence-corrected chi connectivity index (χ4v) is 4.12. The molecule has 1 saturated heterocycles. The van der Waals surface area contributed by atoms with Gasteiger partial charge in [0.05, 0.1) is 0 Å². The largest absolute Gasteiger partial charge is 0.382 e. The van der Waals surface area contributed by atoms with Crippen LogP contribution in [-0.2, 0) is 4.74 Å². The summed E-state index contributed by atoms with van der Waals surface area (Å²) in [5.74, 6) is 1.83. The van der Waals surface area contributed by atoms with Crippen molar-refractivity contribution >= 4 is 0 Å². The van der Waals surface area contributed by atoms with Crippen molar-refractivity contribution in [3.05, 3.63) is 0 Å². The second-order valence-electron chi connectivity index (χ2n) is 7.31. The Morgan fingerprint density at radius 3 is 2.47 bits per heavy atom. The van der Waals surface area contributed by atoms with Gasteiger partial charge >= 0.3 is 0 Å². The topological polar surface area (TPSA) is 12.5 Å². The van der Waals surface area contributed by atoms with Crippen molar-refractivity contribution in [1.29, 1.82) is 0 Å². The highest BCUT2D eigenvalue weighted by Crippen LogP contribution is 2.53. The fraction of sp³-hybridized carbons (Fsp3) is 1.00. The highest BCUT2D eigenvalue weighted by Gasteiger charge is 2.44. The normalized spacial score (nSPS) is 24.0. The molecule has 0 N–H and O–H groups in total. The summed E-state index contributed by atoms with van der Waals surface area (Å²) in [5.41, 5.74) is 0.754. The summed E-state index contributed by atoms with van der Waals surface area (Å²) < 4.78 is 5.43. The first-order chi connectivity index (χ1) is 9.13. The molecule has 112 valence electrons. The summed E-state index contributed by atoms with van der Waals surface area (Å²) in [6, 6.07) is 0. The van der Waals surface area contributed by atoms with Crippen LogP contribution in [0.25, 0.3) is 0 Å². The van der Waals surface area contributed by atoms with E-state index in [0.717, 1.165) is 30.5 Å². The number of nitrogens with zero attached hydrogens (tertiary/aromatic N) is 1. The fourth-order valence-electron chi connectivity index (χ4n) is 4.12. The number of hydrogen-bond donors (Lipinski definition) is 0. The van der Waals surface area contributed by atoms with Gasteiger partial charge in [0, 0.05) is 19.8 Å². The summed E-state index contributed by atoms with van der Waals surface area (Å²) in [6.45, 7) is 12.6. The first kappa shape index (κ1) is 15.3. The molecule has 0 aromatic carbocycles. The molecular weight excluding hydrogens is 234 g/mol. The van der Waals surface area contributed by atoms with Crippen LogP contribution in [-0.4, -0.2) is 37.7 Å². The van der Waals surface area contributed by atoms with E-state index in [1.165, 1.54) is 58.2 Å². The zero-order valence-electron chi connectivity index (χ0n) is 13.3. The molecule has 2 aliphatic rings. The lowest BCUT2D eigenvalue weighted by Gasteiger charge is -2.53. The van der Waals surface area contributed by atoms with Crippen LogP contribution in [0.5, 0.6) is 0 Å². The van der Waals surface area contributed by atoms with Crippen LogP contribution in [0.4, 0.5) is 0 Å². The van der Waals surface area contributed by atoms with Crippen LogP contribution < -0.4 is 0 Å². The Hall–Kier alpha value is -0.0800. The molecule has 1 heterocycles. The van der Waals surface area contributed by atoms with Gasteiger partial charge in [0.2, 0.25) is 0 Å². The average molecular weight is 267 g/mol. The minimum atomic E-state index is 0.754. The number of likely N-dealkylation sites (tertiary alicyclic amines) is 1. The molecule has 2 heteroatoms. The second kappa shape index (κ2) is 7.08. The summed E-state index contributed by atoms with van der Waals surface area (Å²) in [7, 11) is 0. The van der Waals surface area contributed by atoms with Crippen LogP contribution in [0.2, 0.25) is 0 Å². The summed E-state index contributed by atoms with van der Waals surface area (Å²) in [4.78, 5) is 2.68. The molecule has 1 aliphatic carbocycles. The Balaban J connectivity index is 1.58. The third-order valence-corrected chi connectivity index (χ3v) is 5.09. The third kappa shape index (κ3) is 4.46. The van der Waals surface area contributed by atoms with Crippen LogP contribution in [0.1, 0.15) is 59.3 Å². The van der Waals surface area contributed by atoms with Crippen molar-refractivity contribution in [2.24, 2.45) is 17.3 Å². The van der Waals surface area contributed by atoms with Gasteiger partial charge < -0.3 is 9.64 Å². The van der Waals surface area contributed by atoms with E-state index in [0.29, 0.717) is 0 Å². The van der Waals surface area contributed by atoms with Gasteiger partial charge in [0.15, 0.2) is 0 Å². The molecule has 1 saturated carbocycles. The van der Waals surface area contributed by atoms with Gasteiger partial charge in [-0.2, -0.15) is 0 Å². The van der Waals surface area contributed by atoms with E-state index in [9.17, 15) is 0 Å². The van der Waals surface area contributed by atoms with E-state index in [4.69, 9.17) is 4.74 Å². The van der Waals surface area contributed by atoms with Crippen molar-refractivity contribution in [3.63, 3.8) is 0 Å². The van der Waals surface area contributed by atoms with E-state index in [-0.39, 0.29) is 0 Å². The minimum Gasteiger partial charge on any atom is -0.382 e. The molecule has 1 spiro atoms. The standard InChI is InChI=1S/C17H33NO/c1-4-19-11-5-6-16-12-17(13-16)7-9-18(10-8-17)14-15(2)3/h15-16H,4-14H2,1-3H3. The number of hydrogen-bond acceptors (Lipinski definition) is 2. The summed E-state index contributed by atoms with van der Waals surface area (Å²) >= 11 is 0. The lowest BCUT2D eigenvalue weighted by Crippen LogP contribution is -2.47. The molecule has 0 aromatic rings. The molecule has 2 fully saturated rings. The van der Waals surface area contributed by atoms with Crippen molar-refractivity contribution in [1.82, 2.24) is 4.90 Å². The predicted octanol–water partition coefficient (Wildman–Crippen LogP) is 3.95. The Morgan fingerprint density at radius 2 is 1.89 bits per heavy atom. The number of piperidine rings is 1. The maximum atomic E-state index is 5.43. The van der Waals surface area contributed by atoms with Crippen LogP contribution in [0.15, 0.2) is 0 Å². The molecule has 2 nitrogen and oxygen atoms in total. The second-order valence-corrected chi connectivity index (χ2v) is 7.31. The van der Waals surface area contributed by atoms with Crippen molar-refractivity contribution in [2.45, 2.75) is 59.3 Å². The monoisotopic (exact) mass is 267 g/mol. The number of ether oxygens (including phenoxy) is 1. The van der Waals surface area contributed by atoms with E-state index in [2.05, 4.69) is 25.7 Å². The van der Waals surface area contributed by atoms with Crippen LogP contribution >= 0.6 is 0 Å². The van der Waals surface area contributed by atoms with Gasteiger partial charge in [0.25, 0.3) is 0 Å². The van der Waals surface area contributed by atoms with Gasteiger partial charge in [0.1, 0.15) is 0 Å². The lowest BCUT2D eigenvalue weighted by atomic mass is 9.56. The van der Waals surface area contributed by atoms with E-state index < -0.39 is 0 Å². The zero-order valence-corrected chi connectivity index (χ0v) is 13.3. The average Bonchev–Trinajstić information content (AvgIpc) is 2.34. The van der Waals surface area contributed by atoms with Gasteiger partial charge in [-0.05, 0) is 75.8 Å². The molecule has 1 aliphatic heterocycles. The minimum absolute atomic E-state index is 0.754. The Labute approximate surface area is 119 Å². The van der Waals surface area contributed by atoms with Gasteiger partial charge in [-0.3, -0.25) is 0 Å². The first-order valence-electron chi connectivity index (χ1n) is 8.44. The van der Waals surface area contributed by atoms with E-state index in [1.54, 1.807) is 0 Å². The smallest absolute Gasteiger partial charge is 0.0465 e. The highest BCUT2D eigenvalue weighted by atomic mass is 16.5. The first-order valence-corrected chi connectivity index (χ1v) is 8.44. The molecule has 0 aromatic heterocycles. The van der Waals surface area contributed by atoms with Crippen molar-refractivity contribution in [2.75, 3.05) is 32.8 Å². The maximum Gasteiger partial charge on any atom is 0.0465 e. The van der Waals surface area contributed by atoms with E-state index >= 15 is 0 Å². The van der Waals surface area contributed by atoms with E-state index in [1.807, 2.05) is 0 Å². The predicted molar refractivity (Wildman–Crippen MR) is 81.4 cm³/mol. The van der Waals surface area contributed by atoms with Gasteiger partial charge in [-0.1, -0.05) is 13.8 Å². The maximum absolute atomic E-state index is 5.43. The highest BCUT2D eigenvalue weighted by molar-refractivity contribution is 4.96. The van der Waals surface area contributed by atoms with Gasteiger partial charge in [-0.15, -0.1) is 0 Å². The molecule has 0 radical (unpaired) electrons. The van der Waals surface area contributed by atoms with Gasteiger partial charge in [-0.25, -0.2) is 0 Å². The van der Waals surface area contributed by atoms with Crippen molar-refractivity contribution < 1.29 is 4.74 Å². The molecule has 19 heavy (non-hydrogen) atoms. The lowest BCUT2D eigenvalue weighted by molar-refractivity contribution is -0.0213. The van der Waals surface area contributed by atoms with Crippen LogP contribution in [0.3, 0.4) is 0 Å². The zero-order chi connectivity index (χ0) is 13.7. The molecular formula is C17H33NO. The Morgan fingerprint density at radius 1 is 1.21 bits per heavy atom. The molecule has 0 atom stereocenters. The molecule has 0 unspecified atom stereocenters. The summed E-state index contributed by atoms with van der Waals surface area (Å²) in [6.07, 6.45) is 8.61. The number of rotatable bonds is 7. The molecule has 0 bridgehead atoms.